The van der Waals surface area contributed by atoms with E-state index in [1.807, 2.05) is 6.92 Å². The molecule has 2 atom stereocenters. The van der Waals surface area contributed by atoms with Crippen molar-refractivity contribution in [1.82, 2.24) is 4.31 Å². The van der Waals surface area contributed by atoms with Crippen LogP contribution in [0.4, 0.5) is 0 Å². The van der Waals surface area contributed by atoms with Crippen molar-refractivity contribution in [1.29, 1.82) is 0 Å². The predicted molar refractivity (Wildman–Crippen MR) is 66.6 cm³/mol. The molecule has 100 valence electrons. The lowest BCUT2D eigenvalue weighted by atomic mass is 10.2. The minimum Gasteiger partial charge on any atom is -0.395 e. The van der Waals surface area contributed by atoms with Crippen LogP contribution in [0.25, 0.3) is 0 Å². The molecule has 0 saturated carbocycles. The van der Waals surface area contributed by atoms with E-state index in [4.69, 9.17) is 0 Å². The summed E-state index contributed by atoms with van der Waals surface area (Å²) in [6.45, 7) is 1.65. The van der Waals surface area contributed by atoms with Crippen molar-refractivity contribution in [2.75, 3.05) is 13.2 Å². The molecule has 6 heteroatoms. The van der Waals surface area contributed by atoms with Gasteiger partial charge in [-0.05, 0) is 25.5 Å². The Bertz CT molecular complexity index is 511. The van der Waals surface area contributed by atoms with Crippen molar-refractivity contribution >= 4 is 10.0 Å². The van der Waals surface area contributed by atoms with Gasteiger partial charge in [0.15, 0.2) is 0 Å². The largest absolute Gasteiger partial charge is 0.395 e. The van der Waals surface area contributed by atoms with E-state index < -0.39 is 22.2 Å². The summed E-state index contributed by atoms with van der Waals surface area (Å²) in [6.07, 6.45) is -0.427. The van der Waals surface area contributed by atoms with Crippen molar-refractivity contribution < 1.29 is 18.6 Å². The molecule has 1 aliphatic rings. The maximum atomic E-state index is 12.4. The van der Waals surface area contributed by atoms with Gasteiger partial charge in [-0.15, -0.1) is 0 Å². The lowest BCUT2D eigenvalue weighted by Crippen LogP contribution is -2.37. The third-order valence-electron chi connectivity index (χ3n) is 3.18. The Morgan fingerprint density at radius 1 is 1.33 bits per heavy atom. The van der Waals surface area contributed by atoms with Crippen LogP contribution in [0.5, 0.6) is 0 Å². The second kappa shape index (κ2) is 4.97. The molecule has 0 spiro atoms. The number of aliphatic hydroxyl groups excluding tert-OH is 2. The van der Waals surface area contributed by atoms with E-state index in [-0.39, 0.29) is 24.5 Å². The third-order valence-corrected chi connectivity index (χ3v) is 5.11. The van der Waals surface area contributed by atoms with Crippen molar-refractivity contribution in [3.63, 3.8) is 0 Å². The SMILES string of the molecule is Cc1ccc(S(=O)(=O)N2C[C@H](O)C[C@H]2CO)cc1. The maximum Gasteiger partial charge on any atom is 0.243 e. The van der Waals surface area contributed by atoms with Crippen LogP contribution in [-0.2, 0) is 10.0 Å². The Labute approximate surface area is 107 Å². The van der Waals surface area contributed by atoms with Gasteiger partial charge in [0, 0.05) is 6.54 Å². The standard InChI is InChI=1S/C12H17NO4S/c1-9-2-4-12(5-3-9)18(16,17)13-7-11(15)6-10(13)8-14/h2-5,10-11,14-15H,6-8H2,1H3/t10-,11+/m0/s1. The normalized spacial score (nSPS) is 25.5. The minimum absolute atomic E-state index is 0.0431. The molecule has 2 rings (SSSR count). The molecule has 1 aromatic rings. The summed E-state index contributed by atoms with van der Waals surface area (Å²) in [7, 11) is -3.64. The summed E-state index contributed by atoms with van der Waals surface area (Å²) in [5, 5.41) is 18.7. The molecular weight excluding hydrogens is 254 g/mol. The highest BCUT2D eigenvalue weighted by Crippen LogP contribution is 2.26. The molecule has 0 bridgehead atoms. The monoisotopic (exact) mass is 271 g/mol. The van der Waals surface area contributed by atoms with E-state index in [9.17, 15) is 18.6 Å². The number of hydrogen-bond acceptors (Lipinski definition) is 4. The molecule has 1 heterocycles. The van der Waals surface area contributed by atoms with Gasteiger partial charge in [-0.2, -0.15) is 4.31 Å². The molecule has 1 fully saturated rings. The molecule has 5 nitrogen and oxygen atoms in total. The van der Waals surface area contributed by atoms with E-state index in [0.717, 1.165) is 5.56 Å². The van der Waals surface area contributed by atoms with Crippen LogP contribution in [-0.4, -0.2) is 48.2 Å². The van der Waals surface area contributed by atoms with E-state index in [1.165, 1.54) is 4.31 Å². The second-order valence-corrected chi connectivity index (χ2v) is 6.50. The number of β-amino-alcohol motifs (C(OH)–C–C–N with tert-alkyl or cyclic N) is 1. The summed E-state index contributed by atoms with van der Waals surface area (Å²) in [4.78, 5) is 0.195. The van der Waals surface area contributed by atoms with Crippen LogP contribution < -0.4 is 0 Å². The van der Waals surface area contributed by atoms with Gasteiger partial charge < -0.3 is 10.2 Å². The number of rotatable bonds is 3. The summed E-state index contributed by atoms with van der Waals surface area (Å²) < 4.78 is 25.9. The Balaban J connectivity index is 2.33. The fourth-order valence-electron chi connectivity index (χ4n) is 2.17. The zero-order valence-electron chi connectivity index (χ0n) is 10.2. The third kappa shape index (κ3) is 2.42. The quantitative estimate of drug-likeness (QED) is 0.818. The van der Waals surface area contributed by atoms with Gasteiger partial charge >= 0.3 is 0 Å². The van der Waals surface area contributed by atoms with Gasteiger partial charge in [0.25, 0.3) is 0 Å². The number of hydrogen-bond donors (Lipinski definition) is 2. The van der Waals surface area contributed by atoms with Crippen LogP contribution in [0.3, 0.4) is 0 Å². The van der Waals surface area contributed by atoms with Crippen LogP contribution in [0.1, 0.15) is 12.0 Å². The number of aliphatic hydroxyl groups is 2. The molecule has 0 amide bonds. The first-order chi connectivity index (χ1) is 8.45. The molecular formula is C12H17NO4S. The van der Waals surface area contributed by atoms with Crippen molar-refractivity contribution in [2.45, 2.75) is 30.4 Å². The zero-order valence-corrected chi connectivity index (χ0v) is 11.0. The van der Waals surface area contributed by atoms with Crippen molar-refractivity contribution in [2.24, 2.45) is 0 Å². The molecule has 18 heavy (non-hydrogen) atoms. The lowest BCUT2D eigenvalue weighted by Gasteiger charge is -2.22. The maximum absolute atomic E-state index is 12.4. The second-order valence-electron chi connectivity index (χ2n) is 4.61. The van der Waals surface area contributed by atoms with Crippen LogP contribution in [0.15, 0.2) is 29.2 Å². The first kappa shape index (κ1) is 13.5. The summed E-state index contributed by atoms with van der Waals surface area (Å²) >= 11 is 0. The van der Waals surface area contributed by atoms with Gasteiger partial charge in [0.2, 0.25) is 10.0 Å². The molecule has 0 aromatic heterocycles. The fraction of sp³-hybridized carbons (Fsp3) is 0.500. The van der Waals surface area contributed by atoms with Crippen molar-refractivity contribution in [3.8, 4) is 0 Å². The highest BCUT2D eigenvalue weighted by atomic mass is 32.2. The average Bonchev–Trinajstić information content (AvgIpc) is 2.72. The first-order valence-corrected chi connectivity index (χ1v) is 7.26. The molecule has 1 aliphatic heterocycles. The lowest BCUT2D eigenvalue weighted by molar-refractivity contribution is 0.184. The average molecular weight is 271 g/mol. The Kier molecular flexibility index (Phi) is 3.72. The predicted octanol–water partition coefficient (Wildman–Crippen LogP) is 0.111. The smallest absolute Gasteiger partial charge is 0.243 e. The van der Waals surface area contributed by atoms with Gasteiger partial charge in [-0.3, -0.25) is 0 Å². The number of aryl methyl sites for hydroxylation is 1. The number of nitrogens with zero attached hydrogens (tertiary/aromatic N) is 1. The van der Waals surface area contributed by atoms with Crippen LogP contribution in [0.2, 0.25) is 0 Å². The molecule has 1 saturated heterocycles. The first-order valence-electron chi connectivity index (χ1n) is 5.82. The summed E-state index contributed by atoms with van der Waals surface area (Å²) in [6, 6.07) is 6.01. The summed E-state index contributed by atoms with van der Waals surface area (Å²) in [5.41, 5.74) is 0.981. The Morgan fingerprint density at radius 3 is 2.50 bits per heavy atom. The summed E-state index contributed by atoms with van der Waals surface area (Å²) in [5.74, 6) is 0. The molecule has 0 radical (unpaired) electrons. The molecule has 1 aromatic carbocycles. The van der Waals surface area contributed by atoms with E-state index in [2.05, 4.69) is 0 Å². The minimum atomic E-state index is -3.64. The van der Waals surface area contributed by atoms with Crippen molar-refractivity contribution in [3.05, 3.63) is 29.8 Å². The molecule has 0 unspecified atom stereocenters. The molecule has 0 aliphatic carbocycles. The Hall–Kier alpha value is -0.950. The zero-order chi connectivity index (χ0) is 13.3. The van der Waals surface area contributed by atoms with E-state index in [0.29, 0.717) is 0 Å². The fourth-order valence-corrected chi connectivity index (χ4v) is 3.83. The topological polar surface area (TPSA) is 77.8 Å². The number of sulfonamides is 1. The van der Waals surface area contributed by atoms with Crippen LogP contribution in [0, 0.1) is 6.92 Å². The number of benzene rings is 1. The Morgan fingerprint density at radius 2 is 1.94 bits per heavy atom. The highest BCUT2D eigenvalue weighted by molar-refractivity contribution is 7.89. The van der Waals surface area contributed by atoms with E-state index in [1.54, 1.807) is 24.3 Å². The van der Waals surface area contributed by atoms with Gasteiger partial charge in [0.1, 0.15) is 0 Å². The van der Waals surface area contributed by atoms with Crippen LogP contribution >= 0.6 is 0 Å². The van der Waals surface area contributed by atoms with E-state index >= 15 is 0 Å². The van der Waals surface area contributed by atoms with Gasteiger partial charge in [-0.1, -0.05) is 17.7 Å². The van der Waals surface area contributed by atoms with Gasteiger partial charge in [0.05, 0.1) is 23.6 Å². The molecule has 2 N–H and O–H groups in total. The van der Waals surface area contributed by atoms with Gasteiger partial charge in [-0.25, -0.2) is 8.42 Å². The highest BCUT2D eigenvalue weighted by Gasteiger charge is 2.39.